The second-order valence-electron chi connectivity index (χ2n) is 6.09. The van der Waals surface area contributed by atoms with Gasteiger partial charge in [-0.3, -0.25) is 4.90 Å². The highest BCUT2D eigenvalue weighted by Crippen LogP contribution is 2.27. The highest BCUT2D eigenvalue weighted by molar-refractivity contribution is 14.0. The van der Waals surface area contributed by atoms with Crippen LogP contribution in [0.1, 0.15) is 42.4 Å². The van der Waals surface area contributed by atoms with Crippen LogP contribution in [0.15, 0.2) is 27.0 Å². The molecule has 1 aliphatic heterocycles. The van der Waals surface area contributed by atoms with Gasteiger partial charge in [0.1, 0.15) is 6.54 Å². The average Bonchev–Trinajstić information content (AvgIpc) is 3.36. The van der Waals surface area contributed by atoms with E-state index >= 15 is 0 Å². The summed E-state index contributed by atoms with van der Waals surface area (Å²) in [6.45, 7) is 8.21. The molecule has 0 radical (unpaired) electrons. The number of rotatable bonds is 7. The van der Waals surface area contributed by atoms with E-state index < -0.39 is 0 Å². The maximum absolute atomic E-state index is 5.13. The third-order valence-electron chi connectivity index (χ3n) is 4.20. The quantitative estimate of drug-likeness (QED) is 0.353. The lowest BCUT2D eigenvalue weighted by atomic mass is 10.2. The topological polar surface area (TPSA) is 78.6 Å². The molecule has 2 aromatic heterocycles. The molecular weight excluding hydrogens is 463 g/mol. The fraction of sp³-hybridized carbons (Fsp3) is 0.588. The fourth-order valence-corrected chi connectivity index (χ4v) is 3.89. The lowest BCUT2D eigenvalue weighted by Crippen LogP contribution is -2.42. The zero-order chi connectivity index (χ0) is 17.5. The lowest BCUT2D eigenvalue weighted by molar-refractivity contribution is 0.249. The van der Waals surface area contributed by atoms with Crippen molar-refractivity contribution in [1.29, 1.82) is 0 Å². The second kappa shape index (κ2) is 10.8. The van der Waals surface area contributed by atoms with Crippen molar-refractivity contribution < 1.29 is 4.52 Å². The maximum atomic E-state index is 5.13. The van der Waals surface area contributed by atoms with E-state index in [0.717, 1.165) is 19.0 Å². The smallest absolute Gasteiger partial charge is 0.248 e. The number of nitrogens with one attached hydrogen (secondary N) is 2. The summed E-state index contributed by atoms with van der Waals surface area (Å²) in [6, 6.07) is 4.73. The van der Waals surface area contributed by atoms with Crippen molar-refractivity contribution in [2.24, 2.45) is 4.99 Å². The number of aromatic nitrogens is 2. The van der Waals surface area contributed by atoms with Gasteiger partial charge >= 0.3 is 0 Å². The second-order valence-corrected chi connectivity index (χ2v) is 7.06. The summed E-state index contributed by atoms with van der Waals surface area (Å²) in [5, 5.41) is 12.7. The summed E-state index contributed by atoms with van der Waals surface area (Å²) in [5.74, 6) is 1.94. The van der Waals surface area contributed by atoms with Crippen molar-refractivity contribution in [3.05, 3.63) is 34.1 Å². The monoisotopic (exact) mass is 490 g/mol. The van der Waals surface area contributed by atoms with Gasteiger partial charge in [-0.2, -0.15) is 4.98 Å². The maximum Gasteiger partial charge on any atom is 0.248 e. The molecule has 0 saturated carbocycles. The average molecular weight is 490 g/mol. The number of hydrogen-bond donors (Lipinski definition) is 2. The molecule has 9 heteroatoms. The molecule has 26 heavy (non-hydrogen) atoms. The minimum atomic E-state index is 0. The predicted molar refractivity (Wildman–Crippen MR) is 115 cm³/mol. The summed E-state index contributed by atoms with van der Waals surface area (Å²) in [6.07, 6.45) is 2.57. The third kappa shape index (κ3) is 5.92. The Morgan fingerprint density at radius 3 is 2.81 bits per heavy atom. The molecule has 2 N–H and O–H groups in total. The first-order chi connectivity index (χ1) is 12.3. The van der Waals surface area contributed by atoms with E-state index in [9.17, 15) is 0 Å². The van der Waals surface area contributed by atoms with Gasteiger partial charge < -0.3 is 15.2 Å². The van der Waals surface area contributed by atoms with Crippen LogP contribution in [-0.4, -0.2) is 47.2 Å². The number of aliphatic imine (C=N–C) groups is 1. The van der Waals surface area contributed by atoms with Gasteiger partial charge in [0.15, 0.2) is 11.8 Å². The van der Waals surface area contributed by atoms with Crippen molar-refractivity contribution >= 4 is 41.3 Å². The third-order valence-corrected chi connectivity index (χ3v) is 5.18. The van der Waals surface area contributed by atoms with Crippen LogP contribution in [0.4, 0.5) is 0 Å². The van der Waals surface area contributed by atoms with Crippen molar-refractivity contribution in [3.8, 4) is 0 Å². The molecule has 3 heterocycles. The molecule has 1 aliphatic rings. The molecule has 0 amide bonds. The largest absolute Gasteiger partial charge is 0.357 e. The van der Waals surface area contributed by atoms with Crippen LogP contribution in [0.25, 0.3) is 0 Å². The Bertz CT molecular complexity index is 669. The molecule has 0 aliphatic carbocycles. The molecule has 0 aromatic carbocycles. The van der Waals surface area contributed by atoms with Gasteiger partial charge in [-0.05, 0) is 51.2 Å². The van der Waals surface area contributed by atoms with E-state index in [2.05, 4.69) is 55.1 Å². The Balaban J connectivity index is 0.00000243. The molecule has 1 unspecified atom stereocenters. The number of guanidine groups is 1. The molecular formula is C17H27IN6OS. The van der Waals surface area contributed by atoms with Crippen LogP contribution in [-0.2, 0) is 6.54 Å². The van der Waals surface area contributed by atoms with Gasteiger partial charge in [-0.15, -0.1) is 35.3 Å². The zero-order valence-corrected chi connectivity index (χ0v) is 18.4. The number of hydrogen-bond acceptors (Lipinski definition) is 6. The van der Waals surface area contributed by atoms with Gasteiger partial charge in [0.25, 0.3) is 0 Å². The Labute approximate surface area is 175 Å². The Kier molecular flexibility index (Phi) is 8.79. The Hall–Kier alpha value is -1.20. The van der Waals surface area contributed by atoms with Crippen LogP contribution in [0, 0.1) is 6.92 Å². The molecule has 0 bridgehead atoms. The molecule has 1 fully saturated rings. The van der Waals surface area contributed by atoms with Gasteiger partial charge in [-0.1, -0.05) is 11.2 Å². The summed E-state index contributed by atoms with van der Waals surface area (Å²) < 4.78 is 5.13. The van der Waals surface area contributed by atoms with E-state index in [4.69, 9.17) is 4.52 Å². The minimum absolute atomic E-state index is 0. The summed E-state index contributed by atoms with van der Waals surface area (Å²) in [7, 11) is 0. The first kappa shape index (κ1) is 21.1. The fourth-order valence-electron chi connectivity index (χ4n) is 3.03. The van der Waals surface area contributed by atoms with Crippen LogP contribution < -0.4 is 10.6 Å². The first-order valence-electron chi connectivity index (χ1n) is 8.85. The molecule has 1 atom stereocenters. The van der Waals surface area contributed by atoms with Crippen LogP contribution >= 0.6 is 35.3 Å². The molecule has 144 valence electrons. The molecule has 0 spiro atoms. The highest BCUT2D eigenvalue weighted by atomic mass is 127. The van der Waals surface area contributed by atoms with Gasteiger partial charge in [0.2, 0.25) is 5.89 Å². The van der Waals surface area contributed by atoms with Crippen LogP contribution in [0.3, 0.4) is 0 Å². The zero-order valence-electron chi connectivity index (χ0n) is 15.3. The molecule has 2 aromatic rings. The normalized spacial score (nSPS) is 16.3. The standard InChI is InChI=1S/C17H26N6OS.HI/c1-3-18-17(20-12-16-21-13(2)22-24-16)19-11-14(15-7-6-10-25-15)23-8-4-5-9-23;/h6-7,10,14H,3-5,8-9,11-12H2,1-2H3,(H2,18,19,20);1H. The summed E-state index contributed by atoms with van der Waals surface area (Å²) in [4.78, 5) is 12.7. The Morgan fingerprint density at radius 1 is 1.38 bits per heavy atom. The summed E-state index contributed by atoms with van der Waals surface area (Å²) >= 11 is 1.82. The van der Waals surface area contributed by atoms with E-state index in [1.165, 1.54) is 30.8 Å². The van der Waals surface area contributed by atoms with Crippen molar-refractivity contribution in [2.75, 3.05) is 26.2 Å². The Morgan fingerprint density at radius 2 is 2.19 bits per heavy atom. The first-order valence-corrected chi connectivity index (χ1v) is 9.73. The van der Waals surface area contributed by atoms with E-state index in [0.29, 0.717) is 24.3 Å². The number of halogens is 1. The van der Waals surface area contributed by atoms with Crippen molar-refractivity contribution in [1.82, 2.24) is 25.7 Å². The van der Waals surface area contributed by atoms with Gasteiger partial charge in [0.05, 0.1) is 6.04 Å². The van der Waals surface area contributed by atoms with Gasteiger partial charge in [0, 0.05) is 18.0 Å². The lowest BCUT2D eigenvalue weighted by Gasteiger charge is -2.27. The highest BCUT2D eigenvalue weighted by Gasteiger charge is 2.24. The van der Waals surface area contributed by atoms with E-state index in [1.807, 2.05) is 18.3 Å². The predicted octanol–water partition coefficient (Wildman–Crippen LogP) is 2.95. The number of likely N-dealkylation sites (tertiary alicyclic amines) is 1. The summed E-state index contributed by atoms with van der Waals surface area (Å²) in [5.41, 5.74) is 0. The number of aryl methyl sites for hydroxylation is 1. The number of thiophene rings is 1. The van der Waals surface area contributed by atoms with Crippen molar-refractivity contribution in [2.45, 2.75) is 39.3 Å². The molecule has 1 saturated heterocycles. The van der Waals surface area contributed by atoms with E-state index in [-0.39, 0.29) is 24.0 Å². The van der Waals surface area contributed by atoms with Gasteiger partial charge in [-0.25, -0.2) is 4.99 Å². The van der Waals surface area contributed by atoms with Crippen molar-refractivity contribution in [3.63, 3.8) is 0 Å². The SMILES string of the molecule is CCNC(=NCc1nc(C)no1)NCC(c1cccs1)N1CCCC1.I. The minimum Gasteiger partial charge on any atom is -0.357 e. The van der Waals surface area contributed by atoms with Crippen LogP contribution in [0.5, 0.6) is 0 Å². The van der Waals surface area contributed by atoms with Crippen LogP contribution in [0.2, 0.25) is 0 Å². The molecule has 7 nitrogen and oxygen atoms in total. The molecule has 3 rings (SSSR count). The number of nitrogens with zero attached hydrogens (tertiary/aromatic N) is 4. The van der Waals surface area contributed by atoms with E-state index in [1.54, 1.807) is 0 Å².